The molecule has 2 aliphatic rings. The molecule has 0 bridgehead atoms. The summed E-state index contributed by atoms with van der Waals surface area (Å²) in [4.78, 5) is 24.6. The summed E-state index contributed by atoms with van der Waals surface area (Å²) >= 11 is 3.16. The molecule has 0 spiro atoms. The van der Waals surface area contributed by atoms with Crippen molar-refractivity contribution in [3.63, 3.8) is 0 Å². The molecule has 2 heterocycles. The molecular formula is C27H25N3OS2. The number of amides is 1. The number of aliphatic imine (C=N–C) groups is 1. The van der Waals surface area contributed by atoms with E-state index in [1.54, 1.807) is 11.8 Å². The van der Waals surface area contributed by atoms with Gasteiger partial charge in [-0.15, -0.1) is 0 Å². The number of para-hydroxylation sites is 1. The number of carbonyl (C=O) groups excluding carboxylic acids is 1. The first kappa shape index (κ1) is 21.9. The molecule has 1 amide bonds. The fourth-order valence-corrected chi connectivity index (χ4v) is 6.42. The zero-order valence-corrected chi connectivity index (χ0v) is 20.3. The molecule has 0 radical (unpaired) electrons. The minimum Gasteiger partial charge on any atom is -0.337 e. The van der Waals surface area contributed by atoms with Crippen molar-refractivity contribution in [1.82, 2.24) is 4.90 Å². The van der Waals surface area contributed by atoms with Gasteiger partial charge in [0.25, 0.3) is 5.91 Å². The number of carbonyl (C=O) groups is 1. The maximum absolute atomic E-state index is 13.7. The Kier molecular flexibility index (Phi) is 6.29. The number of benzene rings is 3. The molecule has 3 aromatic carbocycles. The van der Waals surface area contributed by atoms with E-state index in [1.165, 1.54) is 22.2 Å². The zero-order chi connectivity index (χ0) is 22.8. The molecule has 5 rings (SSSR count). The molecular weight excluding hydrogens is 446 g/mol. The lowest BCUT2D eigenvalue weighted by Gasteiger charge is -2.18. The summed E-state index contributed by atoms with van der Waals surface area (Å²) in [6.07, 6.45) is 0.789. The molecule has 4 nitrogen and oxygen atoms in total. The Morgan fingerprint density at radius 3 is 2.27 bits per heavy atom. The van der Waals surface area contributed by atoms with E-state index in [1.807, 2.05) is 60.5 Å². The molecule has 0 aliphatic carbocycles. The Balaban J connectivity index is 1.48. The van der Waals surface area contributed by atoms with Crippen LogP contribution in [0.15, 0.2) is 105 Å². The number of thioether (sulfide) groups is 2. The Hall–Kier alpha value is -2.96. The Morgan fingerprint density at radius 2 is 1.55 bits per heavy atom. The highest BCUT2D eigenvalue weighted by Crippen LogP contribution is 2.50. The second kappa shape index (κ2) is 9.49. The summed E-state index contributed by atoms with van der Waals surface area (Å²) in [7, 11) is 2.03. The van der Waals surface area contributed by atoms with Gasteiger partial charge < -0.3 is 4.90 Å². The van der Waals surface area contributed by atoms with Gasteiger partial charge >= 0.3 is 0 Å². The van der Waals surface area contributed by atoms with Crippen molar-refractivity contribution in [2.24, 2.45) is 4.99 Å². The highest BCUT2D eigenvalue weighted by Gasteiger charge is 2.39. The third-order valence-electron chi connectivity index (χ3n) is 5.85. The topological polar surface area (TPSA) is 35.9 Å². The van der Waals surface area contributed by atoms with Gasteiger partial charge in [-0.25, -0.2) is 0 Å². The third-order valence-corrected chi connectivity index (χ3v) is 8.29. The van der Waals surface area contributed by atoms with Crippen molar-refractivity contribution in [1.29, 1.82) is 0 Å². The van der Waals surface area contributed by atoms with Crippen molar-refractivity contribution in [2.75, 3.05) is 18.5 Å². The summed E-state index contributed by atoms with van der Waals surface area (Å²) in [6, 6.07) is 28.8. The summed E-state index contributed by atoms with van der Waals surface area (Å²) in [5.74, 6) is 0.0390. The number of anilines is 1. The monoisotopic (exact) mass is 471 g/mol. The summed E-state index contributed by atoms with van der Waals surface area (Å²) in [6.45, 7) is 2.69. The molecule has 1 fully saturated rings. The first-order valence-electron chi connectivity index (χ1n) is 11.0. The predicted molar refractivity (Wildman–Crippen MR) is 139 cm³/mol. The fraction of sp³-hybridized carbons (Fsp3) is 0.185. The maximum Gasteiger partial charge on any atom is 0.269 e. The molecule has 0 N–H and O–H groups in total. The van der Waals surface area contributed by atoms with E-state index in [-0.39, 0.29) is 11.9 Å². The van der Waals surface area contributed by atoms with Crippen molar-refractivity contribution in [3.8, 4) is 0 Å². The predicted octanol–water partition coefficient (Wildman–Crippen LogP) is 6.33. The van der Waals surface area contributed by atoms with E-state index in [0.29, 0.717) is 6.54 Å². The Morgan fingerprint density at radius 1 is 0.879 bits per heavy atom. The zero-order valence-electron chi connectivity index (χ0n) is 18.6. The second-order valence-electron chi connectivity index (χ2n) is 8.06. The third kappa shape index (κ3) is 4.45. The van der Waals surface area contributed by atoms with E-state index in [0.717, 1.165) is 32.8 Å². The van der Waals surface area contributed by atoms with Crippen molar-refractivity contribution in [3.05, 3.63) is 106 Å². The lowest BCUT2D eigenvalue weighted by atomic mass is 10.1. The van der Waals surface area contributed by atoms with Gasteiger partial charge in [0.05, 0.1) is 16.8 Å². The molecule has 166 valence electrons. The highest BCUT2D eigenvalue weighted by atomic mass is 32.2. The molecule has 1 saturated heterocycles. The Labute approximate surface area is 203 Å². The van der Waals surface area contributed by atoms with Gasteiger partial charge in [-0.1, -0.05) is 84.6 Å². The number of rotatable bonds is 5. The van der Waals surface area contributed by atoms with Gasteiger partial charge in [0.2, 0.25) is 0 Å². The van der Waals surface area contributed by atoms with Crippen LogP contribution in [-0.4, -0.2) is 29.6 Å². The molecule has 0 aromatic heterocycles. The number of nitrogens with zero attached hydrogens (tertiary/aromatic N) is 3. The molecule has 33 heavy (non-hydrogen) atoms. The molecule has 1 atom stereocenters. The van der Waals surface area contributed by atoms with Crippen LogP contribution in [-0.2, 0) is 11.2 Å². The average molecular weight is 472 g/mol. The normalized spacial score (nSPS) is 19.9. The van der Waals surface area contributed by atoms with Crippen LogP contribution in [0.2, 0.25) is 0 Å². The van der Waals surface area contributed by atoms with Crippen LogP contribution in [0.4, 0.5) is 5.69 Å². The van der Waals surface area contributed by atoms with Crippen molar-refractivity contribution >= 4 is 40.3 Å². The number of amidine groups is 1. The van der Waals surface area contributed by atoms with Crippen LogP contribution in [0.25, 0.3) is 0 Å². The van der Waals surface area contributed by atoms with Crippen molar-refractivity contribution < 1.29 is 4.79 Å². The highest BCUT2D eigenvalue weighted by molar-refractivity contribution is 8.19. The molecule has 0 unspecified atom stereocenters. The van der Waals surface area contributed by atoms with E-state index in [9.17, 15) is 4.79 Å². The maximum atomic E-state index is 13.7. The molecule has 2 aliphatic heterocycles. The first-order chi connectivity index (χ1) is 16.1. The van der Waals surface area contributed by atoms with Gasteiger partial charge in [-0.3, -0.25) is 14.7 Å². The van der Waals surface area contributed by atoms with Gasteiger partial charge in [0.15, 0.2) is 5.17 Å². The van der Waals surface area contributed by atoms with Gasteiger partial charge in [0, 0.05) is 18.5 Å². The SMILES string of the molecule is C[C@H](N=C1S/C(=C2\Sc3ccccc3N2C)C(=O)N1CCc1ccccc1)c1ccccc1. The van der Waals surface area contributed by atoms with E-state index >= 15 is 0 Å². The fourth-order valence-electron chi connectivity index (χ4n) is 3.99. The summed E-state index contributed by atoms with van der Waals surface area (Å²) in [5.41, 5.74) is 3.49. The smallest absolute Gasteiger partial charge is 0.269 e. The largest absolute Gasteiger partial charge is 0.337 e. The standard InChI is InChI=1S/C27H25N3OS2/c1-19(21-13-7-4-8-14-21)28-27-30(18-17-20-11-5-3-6-12-20)25(31)24(33-27)26-29(2)22-15-9-10-16-23(22)32-26/h3-16,19H,17-18H2,1-2H3/b26-24-,28-27?/t19-/m0/s1. The number of fused-ring (bicyclic) bond motifs is 1. The van der Waals surface area contributed by atoms with Crippen LogP contribution in [0, 0.1) is 0 Å². The van der Waals surface area contributed by atoms with E-state index in [2.05, 4.69) is 48.2 Å². The van der Waals surface area contributed by atoms with E-state index < -0.39 is 0 Å². The summed E-state index contributed by atoms with van der Waals surface area (Å²) < 4.78 is 0. The summed E-state index contributed by atoms with van der Waals surface area (Å²) in [5, 5.41) is 1.76. The van der Waals surface area contributed by atoms with Gasteiger partial charge in [-0.2, -0.15) is 0 Å². The van der Waals surface area contributed by atoms with Gasteiger partial charge in [0.1, 0.15) is 4.91 Å². The Bertz CT molecular complexity index is 1220. The quantitative estimate of drug-likeness (QED) is 0.407. The second-order valence-corrected chi connectivity index (χ2v) is 10.1. The lowest BCUT2D eigenvalue weighted by molar-refractivity contribution is -0.122. The van der Waals surface area contributed by atoms with Gasteiger partial charge in [-0.05, 0) is 48.4 Å². The van der Waals surface area contributed by atoms with Crippen LogP contribution in [0.1, 0.15) is 24.1 Å². The van der Waals surface area contributed by atoms with Crippen LogP contribution in [0.5, 0.6) is 0 Å². The number of hydrogen-bond donors (Lipinski definition) is 0. The lowest BCUT2D eigenvalue weighted by Crippen LogP contribution is -2.32. The van der Waals surface area contributed by atoms with E-state index in [4.69, 9.17) is 4.99 Å². The number of hydrogen-bond acceptors (Lipinski definition) is 5. The molecule has 0 saturated carbocycles. The molecule has 6 heteroatoms. The average Bonchev–Trinajstić information content (AvgIpc) is 3.35. The van der Waals surface area contributed by atoms with Crippen molar-refractivity contribution in [2.45, 2.75) is 24.3 Å². The van der Waals surface area contributed by atoms with Crippen LogP contribution < -0.4 is 4.90 Å². The van der Waals surface area contributed by atoms with Crippen LogP contribution in [0.3, 0.4) is 0 Å². The van der Waals surface area contributed by atoms with Crippen LogP contribution >= 0.6 is 23.5 Å². The minimum atomic E-state index is -0.0313. The first-order valence-corrected chi connectivity index (χ1v) is 12.7. The minimum absolute atomic E-state index is 0.0313. The molecule has 3 aromatic rings.